The molecule has 2 rings (SSSR count). The zero-order valence-corrected chi connectivity index (χ0v) is 20.1. The highest BCUT2D eigenvalue weighted by atomic mass is 127. The molecule has 1 fully saturated rings. The molecule has 1 aromatic rings. The Morgan fingerprint density at radius 2 is 2.07 bits per heavy atom. The number of hydrogen-bond donors (Lipinski definition) is 2. The van der Waals surface area contributed by atoms with Gasteiger partial charge in [-0.25, -0.2) is 4.99 Å². The Bertz CT molecular complexity index is 719. The van der Waals surface area contributed by atoms with Crippen LogP contribution in [-0.2, 0) is 11.3 Å². The van der Waals surface area contributed by atoms with E-state index in [-0.39, 0.29) is 59.9 Å². The van der Waals surface area contributed by atoms with Crippen LogP contribution in [0.2, 0.25) is 0 Å². The van der Waals surface area contributed by atoms with Gasteiger partial charge < -0.3 is 25.0 Å². The van der Waals surface area contributed by atoms with Crippen LogP contribution in [0.15, 0.2) is 23.2 Å². The highest BCUT2D eigenvalue weighted by Crippen LogP contribution is 2.29. The van der Waals surface area contributed by atoms with Crippen molar-refractivity contribution in [2.75, 3.05) is 26.7 Å². The Balaban J connectivity index is 0.00000450. The fourth-order valence-corrected chi connectivity index (χ4v) is 3.13. The molecule has 1 aromatic carbocycles. The lowest BCUT2D eigenvalue weighted by Crippen LogP contribution is -2.45. The first-order chi connectivity index (χ1) is 13.8. The maximum Gasteiger partial charge on any atom is 0.387 e. The van der Waals surface area contributed by atoms with Gasteiger partial charge in [-0.1, -0.05) is 19.9 Å². The van der Waals surface area contributed by atoms with Crippen molar-refractivity contribution >= 4 is 35.8 Å². The largest absolute Gasteiger partial charge is 0.493 e. The molecule has 0 radical (unpaired) electrons. The van der Waals surface area contributed by atoms with E-state index >= 15 is 0 Å². The summed E-state index contributed by atoms with van der Waals surface area (Å²) >= 11 is 0. The van der Waals surface area contributed by atoms with Crippen LogP contribution >= 0.6 is 24.0 Å². The number of ether oxygens (including phenoxy) is 2. The van der Waals surface area contributed by atoms with Crippen LogP contribution in [0.1, 0.15) is 32.8 Å². The third-order valence-corrected chi connectivity index (χ3v) is 4.54. The number of hydrogen-bond acceptors (Lipinski definition) is 4. The Morgan fingerprint density at radius 1 is 1.33 bits per heavy atom. The number of amides is 1. The van der Waals surface area contributed by atoms with E-state index in [0.29, 0.717) is 24.6 Å². The van der Waals surface area contributed by atoms with Crippen molar-refractivity contribution < 1.29 is 23.0 Å². The predicted octanol–water partition coefficient (Wildman–Crippen LogP) is 3.23. The monoisotopic (exact) mass is 540 g/mol. The van der Waals surface area contributed by atoms with Crippen molar-refractivity contribution in [3.63, 3.8) is 0 Å². The number of guanidine groups is 1. The van der Waals surface area contributed by atoms with Crippen molar-refractivity contribution in [1.82, 2.24) is 15.5 Å². The molecule has 0 spiro atoms. The molecule has 1 heterocycles. The van der Waals surface area contributed by atoms with Gasteiger partial charge in [0.05, 0.1) is 13.7 Å². The lowest BCUT2D eigenvalue weighted by molar-refractivity contribution is -0.133. The standard InChI is InChI=1S/C20H30F2N4O3.HI/c1-5-23-20(25-15-8-9-26(12-15)18(27)13(2)3)24-11-14-6-7-16(28-4)17(10-14)29-19(21)22;/h6-7,10,13,15,19H,5,8-9,11-12H2,1-4H3,(H2,23,24,25);1H. The summed E-state index contributed by atoms with van der Waals surface area (Å²) < 4.78 is 34.8. The lowest BCUT2D eigenvalue weighted by atomic mass is 10.2. The van der Waals surface area contributed by atoms with Gasteiger partial charge in [0.25, 0.3) is 0 Å². The Morgan fingerprint density at radius 3 is 2.67 bits per heavy atom. The summed E-state index contributed by atoms with van der Waals surface area (Å²) in [5.41, 5.74) is 0.710. The normalized spacial score (nSPS) is 16.5. The van der Waals surface area contributed by atoms with Crippen LogP contribution in [0.5, 0.6) is 11.5 Å². The average molecular weight is 540 g/mol. The molecule has 0 aromatic heterocycles. The molecule has 1 unspecified atom stereocenters. The van der Waals surface area contributed by atoms with Crippen molar-refractivity contribution in [1.29, 1.82) is 0 Å². The first-order valence-electron chi connectivity index (χ1n) is 9.79. The van der Waals surface area contributed by atoms with Crippen molar-refractivity contribution in [3.8, 4) is 11.5 Å². The summed E-state index contributed by atoms with van der Waals surface area (Å²) in [5, 5.41) is 6.52. The Labute approximate surface area is 193 Å². The first kappa shape index (κ1) is 26.2. The molecule has 0 bridgehead atoms. The molecule has 0 saturated carbocycles. The van der Waals surface area contributed by atoms with Crippen LogP contribution in [0.25, 0.3) is 0 Å². The Kier molecular flexibility index (Phi) is 11.1. The van der Waals surface area contributed by atoms with Gasteiger partial charge >= 0.3 is 6.61 Å². The zero-order chi connectivity index (χ0) is 21.4. The number of nitrogens with one attached hydrogen (secondary N) is 2. The second kappa shape index (κ2) is 12.8. The maximum absolute atomic E-state index is 12.6. The molecular weight excluding hydrogens is 509 g/mol. The molecule has 170 valence electrons. The van der Waals surface area contributed by atoms with Gasteiger partial charge in [0.1, 0.15) is 0 Å². The van der Waals surface area contributed by atoms with Crippen molar-refractivity contribution in [2.45, 2.75) is 46.4 Å². The number of carbonyl (C=O) groups excluding carboxylic acids is 1. The molecule has 7 nitrogen and oxygen atoms in total. The van der Waals surface area contributed by atoms with Crippen molar-refractivity contribution in [3.05, 3.63) is 23.8 Å². The van der Waals surface area contributed by atoms with Gasteiger partial charge in [-0.05, 0) is 31.0 Å². The van der Waals surface area contributed by atoms with Crippen LogP contribution in [0.4, 0.5) is 8.78 Å². The number of carbonyl (C=O) groups is 1. The second-order valence-corrected chi connectivity index (χ2v) is 7.13. The molecule has 2 N–H and O–H groups in total. The molecule has 1 saturated heterocycles. The minimum absolute atomic E-state index is 0. The van der Waals surface area contributed by atoms with E-state index in [2.05, 4.69) is 20.4 Å². The number of methoxy groups -OCH3 is 1. The van der Waals surface area contributed by atoms with E-state index in [1.807, 2.05) is 25.7 Å². The lowest BCUT2D eigenvalue weighted by Gasteiger charge is -2.20. The highest BCUT2D eigenvalue weighted by molar-refractivity contribution is 14.0. The van der Waals surface area contributed by atoms with Gasteiger partial charge in [-0.3, -0.25) is 4.79 Å². The van der Waals surface area contributed by atoms with Gasteiger partial charge in [0.15, 0.2) is 17.5 Å². The first-order valence-corrected chi connectivity index (χ1v) is 9.79. The predicted molar refractivity (Wildman–Crippen MR) is 123 cm³/mol. The molecule has 10 heteroatoms. The SMILES string of the molecule is CCNC(=NCc1ccc(OC)c(OC(F)F)c1)NC1CCN(C(=O)C(C)C)C1.I. The second-order valence-electron chi connectivity index (χ2n) is 7.13. The zero-order valence-electron chi connectivity index (χ0n) is 17.8. The number of likely N-dealkylation sites (tertiary alicyclic amines) is 1. The Hall–Kier alpha value is -1.85. The van der Waals surface area contributed by atoms with Gasteiger partial charge in [-0.2, -0.15) is 8.78 Å². The smallest absolute Gasteiger partial charge is 0.387 e. The highest BCUT2D eigenvalue weighted by Gasteiger charge is 2.27. The molecule has 1 amide bonds. The van der Waals surface area contributed by atoms with Crippen LogP contribution in [0.3, 0.4) is 0 Å². The summed E-state index contributed by atoms with van der Waals surface area (Å²) in [7, 11) is 1.40. The third-order valence-electron chi connectivity index (χ3n) is 4.54. The summed E-state index contributed by atoms with van der Waals surface area (Å²) in [6.45, 7) is 5.14. The third kappa shape index (κ3) is 7.77. The maximum atomic E-state index is 12.6. The topological polar surface area (TPSA) is 75.2 Å². The molecule has 0 aliphatic carbocycles. The van der Waals surface area contributed by atoms with Gasteiger partial charge in [-0.15, -0.1) is 24.0 Å². The fourth-order valence-electron chi connectivity index (χ4n) is 3.13. The van der Waals surface area contributed by atoms with E-state index < -0.39 is 6.61 Å². The van der Waals surface area contributed by atoms with Crippen LogP contribution < -0.4 is 20.1 Å². The number of nitrogens with zero attached hydrogens (tertiary/aromatic N) is 2. The van der Waals surface area contributed by atoms with E-state index in [0.717, 1.165) is 13.0 Å². The molecule has 1 aliphatic rings. The van der Waals surface area contributed by atoms with E-state index in [1.54, 1.807) is 12.1 Å². The minimum atomic E-state index is -2.93. The van der Waals surface area contributed by atoms with E-state index in [1.165, 1.54) is 13.2 Å². The summed E-state index contributed by atoms with van der Waals surface area (Å²) in [4.78, 5) is 18.5. The van der Waals surface area contributed by atoms with E-state index in [4.69, 9.17) is 4.74 Å². The van der Waals surface area contributed by atoms with Crippen LogP contribution in [-0.4, -0.2) is 56.2 Å². The quantitative estimate of drug-likeness (QED) is 0.301. The molecule has 1 aliphatic heterocycles. The summed E-state index contributed by atoms with van der Waals surface area (Å²) in [5.74, 6) is 0.968. The fraction of sp³-hybridized carbons (Fsp3) is 0.600. The van der Waals surface area contributed by atoms with E-state index in [9.17, 15) is 13.6 Å². The average Bonchev–Trinajstić information content (AvgIpc) is 3.13. The summed E-state index contributed by atoms with van der Waals surface area (Å²) in [6.07, 6.45) is 0.845. The minimum Gasteiger partial charge on any atom is -0.493 e. The molecule has 30 heavy (non-hydrogen) atoms. The number of aliphatic imine (C=N–C) groups is 1. The van der Waals surface area contributed by atoms with Crippen LogP contribution in [0, 0.1) is 5.92 Å². The number of halogens is 3. The summed E-state index contributed by atoms with van der Waals surface area (Å²) in [6, 6.07) is 4.94. The molecule has 1 atom stereocenters. The van der Waals surface area contributed by atoms with Gasteiger partial charge in [0.2, 0.25) is 5.91 Å². The number of rotatable bonds is 8. The van der Waals surface area contributed by atoms with Gasteiger partial charge in [0, 0.05) is 31.6 Å². The molecular formula is C20H31F2IN4O3. The van der Waals surface area contributed by atoms with Crippen molar-refractivity contribution in [2.24, 2.45) is 10.9 Å². The number of benzene rings is 1. The number of alkyl halides is 2.